The first kappa shape index (κ1) is 10.4. The number of dihydropyridines is 1. The number of allylic oxidation sites excluding steroid dienone is 2. The maximum absolute atomic E-state index is 10.9. The van der Waals surface area contributed by atoms with Crippen molar-refractivity contribution in [2.45, 2.75) is 5.66 Å². The Kier molecular flexibility index (Phi) is 2.46. The van der Waals surface area contributed by atoms with Crippen molar-refractivity contribution in [2.75, 3.05) is 0 Å². The van der Waals surface area contributed by atoms with E-state index in [1.807, 2.05) is 0 Å². The van der Waals surface area contributed by atoms with Crippen LogP contribution in [0.3, 0.4) is 0 Å². The van der Waals surface area contributed by atoms with Gasteiger partial charge in [-0.25, -0.2) is 0 Å². The normalized spacial score (nSPS) is 22.8. The molecule has 0 saturated carbocycles. The number of nitrogens with zero attached hydrogens (tertiary/aromatic N) is 1. The molecule has 1 heterocycles. The molecule has 5 nitrogen and oxygen atoms in total. The molecule has 1 aliphatic heterocycles. The predicted molar refractivity (Wildman–Crippen MR) is 60.4 cm³/mol. The first-order chi connectivity index (χ1) is 7.63. The Morgan fingerprint density at radius 3 is 2.69 bits per heavy atom. The highest BCUT2D eigenvalue weighted by molar-refractivity contribution is 5.47. The molecule has 1 atom stereocenters. The lowest BCUT2D eigenvalue weighted by Gasteiger charge is -2.28. The fourth-order valence-corrected chi connectivity index (χ4v) is 1.65. The highest BCUT2D eigenvalue weighted by atomic mass is 16.6. The molecular formula is C11H11N3O2. The molecule has 0 aliphatic carbocycles. The van der Waals surface area contributed by atoms with Gasteiger partial charge >= 0.3 is 0 Å². The van der Waals surface area contributed by atoms with Crippen LogP contribution >= 0.6 is 0 Å². The third kappa shape index (κ3) is 1.68. The van der Waals surface area contributed by atoms with Crippen molar-refractivity contribution in [1.82, 2.24) is 5.32 Å². The van der Waals surface area contributed by atoms with E-state index in [1.165, 1.54) is 6.07 Å². The molecule has 0 saturated heterocycles. The smallest absolute Gasteiger partial charge is 0.276 e. The van der Waals surface area contributed by atoms with Crippen LogP contribution < -0.4 is 11.1 Å². The van der Waals surface area contributed by atoms with Gasteiger partial charge in [0.2, 0.25) is 0 Å². The molecule has 0 fully saturated rings. The molecule has 1 aromatic carbocycles. The Balaban J connectivity index is 2.51. The summed E-state index contributed by atoms with van der Waals surface area (Å²) in [5.74, 6) is 0. The van der Waals surface area contributed by atoms with Crippen molar-refractivity contribution in [3.63, 3.8) is 0 Å². The molecule has 5 heteroatoms. The van der Waals surface area contributed by atoms with Crippen LogP contribution in [0.5, 0.6) is 0 Å². The molecule has 3 N–H and O–H groups in total. The van der Waals surface area contributed by atoms with E-state index in [-0.39, 0.29) is 5.69 Å². The van der Waals surface area contributed by atoms with Crippen molar-refractivity contribution >= 4 is 5.69 Å². The van der Waals surface area contributed by atoms with Gasteiger partial charge in [0.1, 0.15) is 5.66 Å². The molecule has 16 heavy (non-hydrogen) atoms. The summed E-state index contributed by atoms with van der Waals surface area (Å²) in [5.41, 5.74) is 5.51. The lowest BCUT2D eigenvalue weighted by Crippen LogP contribution is -2.47. The Morgan fingerprint density at radius 2 is 2.06 bits per heavy atom. The number of para-hydroxylation sites is 1. The Bertz CT molecular complexity index is 482. The summed E-state index contributed by atoms with van der Waals surface area (Å²) in [4.78, 5) is 10.5. The summed E-state index contributed by atoms with van der Waals surface area (Å²) in [6.45, 7) is 0. The fraction of sp³-hybridized carbons (Fsp3) is 0.0909. The van der Waals surface area contributed by atoms with Crippen molar-refractivity contribution in [3.8, 4) is 0 Å². The van der Waals surface area contributed by atoms with Crippen LogP contribution in [0.1, 0.15) is 5.56 Å². The molecule has 0 spiro atoms. The van der Waals surface area contributed by atoms with Crippen molar-refractivity contribution in [3.05, 3.63) is 64.4 Å². The van der Waals surface area contributed by atoms with Crippen LogP contribution in [0.4, 0.5) is 5.69 Å². The molecule has 1 aliphatic rings. The number of hydrogen-bond donors (Lipinski definition) is 2. The number of nitrogens with one attached hydrogen (secondary N) is 1. The van der Waals surface area contributed by atoms with Crippen LogP contribution in [0.15, 0.2) is 48.7 Å². The second kappa shape index (κ2) is 3.79. The SMILES string of the molecule is NC1(c2ccccc2[N+](=O)[O-])C=CC=CN1. The topological polar surface area (TPSA) is 81.2 Å². The van der Waals surface area contributed by atoms with Gasteiger partial charge in [-0.05, 0) is 24.4 Å². The van der Waals surface area contributed by atoms with E-state index >= 15 is 0 Å². The maximum Gasteiger partial charge on any atom is 0.276 e. The van der Waals surface area contributed by atoms with Crippen molar-refractivity contribution in [1.29, 1.82) is 0 Å². The summed E-state index contributed by atoms with van der Waals surface area (Å²) in [6, 6.07) is 6.44. The number of benzene rings is 1. The van der Waals surface area contributed by atoms with Gasteiger partial charge in [-0.2, -0.15) is 0 Å². The maximum atomic E-state index is 10.9. The highest BCUT2D eigenvalue weighted by Crippen LogP contribution is 2.28. The third-order valence-electron chi connectivity index (χ3n) is 2.44. The Hall–Kier alpha value is -2.14. The molecular weight excluding hydrogens is 206 g/mol. The van der Waals surface area contributed by atoms with E-state index < -0.39 is 10.6 Å². The monoisotopic (exact) mass is 217 g/mol. The molecule has 1 aromatic rings. The van der Waals surface area contributed by atoms with Crippen LogP contribution in [0.2, 0.25) is 0 Å². The molecule has 0 amide bonds. The number of nitro groups is 1. The zero-order chi connectivity index (χ0) is 11.6. The second-order valence-electron chi connectivity index (χ2n) is 3.51. The van der Waals surface area contributed by atoms with Gasteiger partial charge in [0.15, 0.2) is 0 Å². The van der Waals surface area contributed by atoms with Gasteiger partial charge in [0, 0.05) is 6.07 Å². The summed E-state index contributed by atoms with van der Waals surface area (Å²) in [5, 5.41) is 13.8. The molecule has 0 radical (unpaired) electrons. The van der Waals surface area contributed by atoms with Crippen LogP contribution in [0, 0.1) is 10.1 Å². The minimum Gasteiger partial charge on any atom is -0.366 e. The standard InChI is InChI=1S/C11H11N3O2/c12-11(7-3-4-8-13-11)9-5-1-2-6-10(9)14(15)16/h1-8,13H,12H2. The second-order valence-corrected chi connectivity index (χ2v) is 3.51. The molecule has 0 aromatic heterocycles. The van der Waals surface area contributed by atoms with Crippen LogP contribution in [0.25, 0.3) is 0 Å². The summed E-state index contributed by atoms with van der Waals surface area (Å²) in [6.07, 6.45) is 6.89. The van der Waals surface area contributed by atoms with E-state index in [1.54, 1.807) is 42.6 Å². The quantitative estimate of drug-likeness (QED) is 0.579. The fourth-order valence-electron chi connectivity index (χ4n) is 1.65. The Morgan fingerprint density at radius 1 is 1.31 bits per heavy atom. The van der Waals surface area contributed by atoms with Crippen molar-refractivity contribution < 1.29 is 4.92 Å². The van der Waals surface area contributed by atoms with Gasteiger partial charge in [-0.3, -0.25) is 10.1 Å². The lowest BCUT2D eigenvalue weighted by molar-refractivity contribution is -0.386. The summed E-state index contributed by atoms with van der Waals surface area (Å²) in [7, 11) is 0. The molecule has 2 rings (SSSR count). The van der Waals surface area contributed by atoms with Crippen molar-refractivity contribution in [2.24, 2.45) is 5.73 Å². The summed E-state index contributed by atoms with van der Waals surface area (Å²) < 4.78 is 0. The van der Waals surface area contributed by atoms with E-state index in [2.05, 4.69) is 5.32 Å². The minimum atomic E-state index is -1.02. The minimum absolute atomic E-state index is 0.0115. The number of hydrogen-bond acceptors (Lipinski definition) is 4. The number of nitrogens with two attached hydrogens (primary N) is 1. The van der Waals surface area contributed by atoms with Crippen LogP contribution in [-0.4, -0.2) is 4.92 Å². The number of rotatable bonds is 2. The van der Waals surface area contributed by atoms with E-state index in [4.69, 9.17) is 5.73 Å². The summed E-state index contributed by atoms with van der Waals surface area (Å²) >= 11 is 0. The average Bonchev–Trinajstić information content (AvgIpc) is 2.30. The van der Waals surface area contributed by atoms with E-state index in [9.17, 15) is 10.1 Å². The molecule has 1 unspecified atom stereocenters. The van der Waals surface area contributed by atoms with E-state index in [0.717, 1.165) is 0 Å². The number of nitro benzene ring substituents is 1. The molecule has 0 bridgehead atoms. The average molecular weight is 217 g/mol. The first-order valence-corrected chi connectivity index (χ1v) is 4.78. The van der Waals surface area contributed by atoms with Gasteiger partial charge in [0.25, 0.3) is 5.69 Å². The van der Waals surface area contributed by atoms with Gasteiger partial charge in [-0.1, -0.05) is 18.2 Å². The zero-order valence-electron chi connectivity index (χ0n) is 8.46. The van der Waals surface area contributed by atoms with E-state index in [0.29, 0.717) is 5.56 Å². The Labute approximate surface area is 92.4 Å². The third-order valence-corrected chi connectivity index (χ3v) is 2.44. The molecule has 82 valence electrons. The van der Waals surface area contributed by atoms with Gasteiger partial charge in [-0.15, -0.1) is 0 Å². The first-order valence-electron chi connectivity index (χ1n) is 4.78. The van der Waals surface area contributed by atoms with Crippen LogP contribution in [-0.2, 0) is 5.66 Å². The lowest BCUT2D eigenvalue weighted by atomic mass is 9.96. The largest absolute Gasteiger partial charge is 0.366 e. The van der Waals surface area contributed by atoms with Gasteiger partial charge in [0.05, 0.1) is 10.5 Å². The predicted octanol–water partition coefficient (Wildman–Crippen LogP) is 1.38. The zero-order valence-corrected chi connectivity index (χ0v) is 8.46. The van der Waals surface area contributed by atoms with Gasteiger partial charge < -0.3 is 11.1 Å². The highest BCUT2D eigenvalue weighted by Gasteiger charge is 2.30.